The number of nitrogens with one attached hydrogen (secondary N) is 2. The van der Waals surface area contributed by atoms with Crippen molar-refractivity contribution >= 4 is 40.6 Å². The van der Waals surface area contributed by atoms with Crippen LogP contribution in [0.1, 0.15) is 5.56 Å². The molecule has 2 N–H and O–H groups in total. The highest BCUT2D eigenvalue weighted by Crippen LogP contribution is 2.27. The molecule has 3 rings (SSSR count). The minimum atomic E-state index is -0.290. The molecule has 6 nitrogen and oxygen atoms in total. The van der Waals surface area contributed by atoms with E-state index in [0.717, 1.165) is 5.56 Å². The SMILES string of the molecule is COc1ccc(Cl)cc1NC(=S)Nc1ncn(Cc2cccc(F)c2)n1. The van der Waals surface area contributed by atoms with Gasteiger partial charge in [-0.05, 0) is 48.1 Å². The van der Waals surface area contributed by atoms with E-state index in [4.69, 9.17) is 28.6 Å². The average molecular weight is 392 g/mol. The molecule has 0 aliphatic heterocycles. The first kappa shape index (κ1) is 18.1. The van der Waals surface area contributed by atoms with Gasteiger partial charge in [0.15, 0.2) is 5.11 Å². The molecule has 1 heterocycles. The second-order valence-corrected chi connectivity index (χ2v) is 6.16. The van der Waals surface area contributed by atoms with Gasteiger partial charge in [-0.15, -0.1) is 5.10 Å². The van der Waals surface area contributed by atoms with Gasteiger partial charge < -0.3 is 10.1 Å². The Morgan fingerprint density at radius 3 is 2.88 bits per heavy atom. The maximum absolute atomic E-state index is 13.2. The molecular weight excluding hydrogens is 377 g/mol. The van der Waals surface area contributed by atoms with Crippen LogP contribution in [0.4, 0.5) is 16.0 Å². The van der Waals surface area contributed by atoms with Crippen LogP contribution in [0.25, 0.3) is 0 Å². The van der Waals surface area contributed by atoms with Crippen LogP contribution in [0.5, 0.6) is 5.75 Å². The second-order valence-electron chi connectivity index (χ2n) is 5.32. The van der Waals surface area contributed by atoms with E-state index in [1.165, 1.54) is 18.5 Å². The molecule has 0 bridgehead atoms. The third-order valence-corrected chi connectivity index (χ3v) is 3.84. The van der Waals surface area contributed by atoms with Crippen LogP contribution in [0.3, 0.4) is 0 Å². The summed E-state index contributed by atoms with van der Waals surface area (Å²) in [6.07, 6.45) is 1.54. The van der Waals surface area contributed by atoms with E-state index >= 15 is 0 Å². The number of hydrogen-bond donors (Lipinski definition) is 2. The van der Waals surface area contributed by atoms with Crippen LogP contribution in [0.2, 0.25) is 5.02 Å². The predicted octanol–water partition coefficient (Wildman–Crippen LogP) is 3.94. The van der Waals surface area contributed by atoms with Gasteiger partial charge in [-0.25, -0.2) is 14.1 Å². The van der Waals surface area contributed by atoms with Crippen LogP contribution >= 0.6 is 23.8 Å². The Kier molecular flexibility index (Phi) is 5.65. The van der Waals surface area contributed by atoms with E-state index < -0.39 is 0 Å². The number of thiocarbonyl (C=S) groups is 1. The average Bonchev–Trinajstić information content (AvgIpc) is 3.01. The Morgan fingerprint density at radius 2 is 2.12 bits per heavy atom. The molecule has 0 fully saturated rings. The fourth-order valence-electron chi connectivity index (χ4n) is 2.28. The lowest BCUT2D eigenvalue weighted by Crippen LogP contribution is -2.20. The van der Waals surface area contributed by atoms with E-state index in [9.17, 15) is 4.39 Å². The molecule has 0 unspecified atom stereocenters. The maximum atomic E-state index is 13.2. The summed E-state index contributed by atoms with van der Waals surface area (Å²) in [6.45, 7) is 0.398. The van der Waals surface area contributed by atoms with Gasteiger partial charge in [0, 0.05) is 5.02 Å². The van der Waals surface area contributed by atoms with Gasteiger partial charge in [-0.1, -0.05) is 23.7 Å². The summed E-state index contributed by atoms with van der Waals surface area (Å²) in [5.74, 6) is 0.629. The van der Waals surface area contributed by atoms with Crippen molar-refractivity contribution in [2.75, 3.05) is 17.7 Å². The first-order valence-electron chi connectivity index (χ1n) is 7.59. The number of rotatable bonds is 5. The summed E-state index contributed by atoms with van der Waals surface area (Å²) >= 11 is 11.3. The quantitative estimate of drug-likeness (QED) is 0.642. The van der Waals surface area contributed by atoms with Crippen molar-refractivity contribution in [2.45, 2.75) is 6.54 Å². The fraction of sp³-hybridized carbons (Fsp3) is 0.118. The first-order valence-corrected chi connectivity index (χ1v) is 8.37. The molecule has 0 spiro atoms. The largest absolute Gasteiger partial charge is 0.495 e. The molecule has 26 heavy (non-hydrogen) atoms. The fourth-order valence-corrected chi connectivity index (χ4v) is 2.66. The van der Waals surface area contributed by atoms with E-state index in [1.807, 2.05) is 6.07 Å². The highest BCUT2D eigenvalue weighted by atomic mass is 35.5. The Morgan fingerprint density at radius 1 is 1.27 bits per heavy atom. The number of anilines is 2. The molecule has 0 aliphatic carbocycles. The minimum Gasteiger partial charge on any atom is -0.495 e. The number of benzene rings is 2. The predicted molar refractivity (Wildman–Crippen MR) is 103 cm³/mol. The van der Waals surface area contributed by atoms with Crippen molar-refractivity contribution < 1.29 is 9.13 Å². The van der Waals surface area contributed by atoms with Gasteiger partial charge >= 0.3 is 0 Å². The molecule has 134 valence electrons. The van der Waals surface area contributed by atoms with Crippen molar-refractivity contribution in [3.8, 4) is 5.75 Å². The highest BCUT2D eigenvalue weighted by molar-refractivity contribution is 7.80. The van der Waals surface area contributed by atoms with Gasteiger partial charge in [-0.3, -0.25) is 5.32 Å². The number of aromatic nitrogens is 3. The standard InChI is InChI=1S/C17H15ClFN5OS/c1-25-15-6-5-12(18)8-14(15)21-17(26)22-16-20-10-24(23-16)9-11-3-2-4-13(19)7-11/h2-8,10H,9H2,1H3,(H2,21,22,23,26). The molecule has 9 heteroatoms. The number of halogens is 2. The number of methoxy groups -OCH3 is 1. The molecule has 0 saturated heterocycles. The lowest BCUT2D eigenvalue weighted by atomic mass is 10.2. The highest BCUT2D eigenvalue weighted by Gasteiger charge is 2.08. The summed E-state index contributed by atoms with van der Waals surface area (Å²) < 4.78 is 20.1. The van der Waals surface area contributed by atoms with Crippen molar-refractivity contribution in [3.63, 3.8) is 0 Å². The minimum absolute atomic E-state index is 0.286. The topological polar surface area (TPSA) is 64.0 Å². The summed E-state index contributed by atoms with van der Waals surface area (Å²) in [7, 11) is 1.56. The molecule has 0 amide bonds. The van der Waals surface area contributed by atoms with Gasteiger partial charge in [0.1, 0.15) is 17.9 Å². The normalized spacial score (nSPS) is 10.4. The molecule has 0 radical (unpaired) electrons. The summed E-state index contributed by atoms with van der Waals surface area (Å²) in [6, 6.07) is 11.5. The van der Waals surface area contributed by atoms with Gasteiger partial charge in [0.05, 0.1) is 19.3 Å². The van der Waals surface area contributed by atoms with Gasteiger partial charge in [0.25, 0.3) is 0 Å². The Labute approximate surface area is 160 Å². The zero-order valence-corrected chi connectivity index (χ0v) is 15.3. The number of nitrogens with zero attached hydrogens (tertiary/aromatic N) is 3. The van der Waals surface area contributed by atoms with Crippen LogP contribution in [-0.4, -0.2) is 27.0 Å². The number of hydrogen-bond acceptors (Lipinski definition) is 4. The summed E-state index contributed by atoms with van der Waals surface area (Å²) in [4.78, 5) is 4.14. The van der Waals surface area contributed by atoms with Crippen LogP contribution in [-0.2, 0) is 6.54 Å². The van der Waals surface area contributed by atoms with Crippen LogP contribution in [0.15, 0.2) is 48.8 Å². The molecule has 3 aromatic rings. The van der Waals surface area contributed by atoms with Crippen molar-refractivity contribution in [1.82, 2.24) is 14.8 Å². The molecule has 0 saturated carbocycles. The van der Waals surface area contributed by atoms with Gasteiger partial charge in [0.2, 0.25) is 5.95 Å². The van der Waals surface area contributed by atoms with E-state index in [-0.39, 0.29) is 10.9 Å². The monoisotopic (exact) mass is 391 g/mol. The summed E-state index contributed by atoms with van der Waals surface area (Å²) in [5, 5.41) is 11.0. The zero-order chi connectivity index (χ0) is 18.5. The van der Waals surface area contributed by atoms with E-state index in [2.05, 4.69) is 20.7 Å². The van der Waals surface area contributed by atoms with Crippen LogP contribution in [0, 0.1) is 5.82 Å². The van der Waals surface area contributed by atoms with E-state index in [1.54, 1.807) is 36.1 Å². The van der Waals surface area contributed by atoms with Crippen molar-refractivity contribution in [1.29, 1.82) is 0 Å². The smallest absolute Gasteiger partial charge is 0.248 e. The van der Waals surface area contributed by atoms with Crippen LogP contribution < -0.4 is 15.4 Å². The second kappa shape index (κ2) is 8.11. The molecule has 0 aliphatic rings. The molecule has 0 atom stereocenters. The molecule has 1 aromatic heterocycles. The third-order valence-electron chi connectivity index (χ3n) is 3.41. The maximum Gasteiger partial charge on any atom is 0.248 e. The molecular formula is C17H15ClFN5OS. The first-order chi connectivity index (χ1) is 12.5. The lowest BCUT2D eigenvalue weighted by molar-refractivity contribution is 0.417. The number of ether oxygens (including phenoxy) is 1. The van der Waals surface area contributed by atoms with Crippen molar-refractivity contribution in [3.05, 3.63) is 65.2 Å². The van der Waals surface area contributed by atoms with Crippen molar-refractivity contribution in [2.24, 2.45) is 0 Å². The van der Waals surface area contributed by atoms with E-state index in [0.29, 0.717) is 29.0 Å². The zero-order valence-electron chi connectivity index (χ0n) is 13.7. The third kappa shape index (κ3) is 4.68. The lowest BCUT2D eigenvalue weighted by Gasteiger charge is -2.12. The Hall–Kier alpha value is -2.71. The van der Waals surface area contributed by atoms with Gasteiger partial charge in [-0.2, -0.15) is 0 Å². The Balaban J connectivity index is 1.64. The molecule has 2 aromatic carbocycles. The Bertz CT molecular complexity index is 933. The summed E-state index contributed by atoms with van der Waals surface area (Å²) in [5.41, 5.74) is 1.41.